The highest BCUT2D eigenvalue weighted by Gasteiger charge is 2.11. The van der Waals surface area contributed by atoms with Crippen LogP contribution in [0.3, 0.4) is 0 Å². The zero-order valence-electron chi connectivity index (χ0n) is 9.43. The Bertz CT molecular complexity index is 561. The molecule has 0 saturated carbocycles. The summed E-state index contributed by atoms with van der Waals surface area (Å²) in [5.74, 6) is -0.0354. The van der Waals surface area contributed by atoms with Gasteiger partial charge in [0.15, 0.2) is 0 Å². The second-order valence-corrected chi connectivity index (χ2v) is 3.71. The molecule has 18 heavy (non-hydrogen) atoms. The van der Waals surface area contributed by atoms with E-state index >= 15 is 0 Å². The van der Waals surface area contributed by atoms with Gasteiger partial charge in [-0.2, -0.15) is 5.26 Å². The molecule has 2 aromatic rings. The Labute approximate surface area is 103 Å². The highest BCUT2D eigenvalue weighted by Crippen LogP contribution is 2.18. The third-order valence-electron chi connectivity index (χ3n) is 2.46. The molecular formula is C13H11FN2O2. The van der Waals surface area contributed by atoms with Gasteiger partial charge in [0.25, 0.3) is 0 Å². The van der Waals surface area contributed by atoms with E-state index in [4.69, 9.17) is 9.68 Å². The van der Waals surface area contributed by atoms with Gasteiger partial charge in [0, 0.05) is 6.54 Å². The molecule has 4 nitrogen and oxygen atoms in total. The minimum atomic E-state index is -0.823. The van der Waals surface area contributed by atoms with Crippen LogP contribution in [-0.4, -0.2) is 11.7 Å². The van der Waals surface area contributed by atoms with Crippen LogP contribution in [0.2, 0.25) is 0 Å². The topological polar surface area (TPSA) is 69.2 Å². The third-order valence-corrected chi connectivity index (χ3v) is 2.46. The molecule has 0 spiro atoms. The van der Waals surface area contributed by atoms with E-state index in [0.29, 0.717) is 11.4 Å². The molecule has 0 aliphatic carbocycles. The first kappa shape index (κ1) is 12.1. The Morgan fingerprint density at radius 2 is 2.28 bits per heavy atom. The van der Waals surface area contributed by atoms with Crippen molar-refractivity contribution in [1.29, 1.82) is 5.26 Å². The molecule has 1 heterocycles. The largest absolute Gasteiger partial charge is 0.467 e. The van der Waals surface area contributed by atoms with Crippen LogP contribution >= 0.6 is 0 Å². The van der Waals surface area contributed by atoms with Crippen molar-refractivity contribution < 1.29 is 13.9 Å². The van der Waals surface area contributed by atoms with Gasteiger partial charge in [-0.3, -0.25) is 0 Å². The van der Waals surface area contributed by atoms with Crippen molar-refractivity contribution in [2.24, 2.45) is 0 Å². The zero-order chi connectivity index (χ0) is 13.0. The van der Waals surface area contributed by atoms with E-state index in [0.717, 1.165) is 6.07 Å². The highest BCUT2D eigenvalue weighted by molar-refractivity contribution is 5.57. The van der Waals surface area contributed by atoms with Crippen molar-refractivity contribution in [3.63, 3.8) is 0 Å². The van der Waals surface area contributed by atoms with Gasteiger partial charge in [-0.15, -0.1) is 0 Å². The summed E-state index contributed by atoms with van der Waals surface area (Å²) in [5, 5.41) is 21.5. The molecule has 0 fully saturated rings. The maximum absolute atomic E-state index is 12.9. The van der Waals surface area contributed by atoms with Crippen LogP contribution < -0.4 is 5.32 Å². The number of hydrogen-bond acceptors (Lipinski definition) is 4. The number of nitrogens with zero attached hydrogens (tertiary/aromatic N) is 1. The van der Waals surface area contributed by atoms with E-state index in [1.54, 1.807) is 12.1 Å². The molecule has 0 aliphatic rings. The minimum absolute atomic E-state index is 0.174. The predicted octanol–water partition coefficient (Wildman–Crippen LogP) is 2.44. The summed E-state index contributed by atoms with van der Waals surface area (Å²) >= 11 is 0. The van der Waals surface area contributed by atoms with Crippen LogP contribution in [0.1, 0.15) is 17.4 Å². The molecule has 1 aromatic heterocycles. The van der Waals surface area contributed by atoms with E-state index < -0.39 is 11.9 Å². The van der Waals surface area contributed by atoms with Crippen LogP contribution in [0.25, 0.3) is 0 Å². The van der Waals surface area contributed by atoms with Crippen molar-refractivity contribution in [3.8, 4) is 6.07 Å². The van der Waals surface area contributed by atoms with Gasteiger partial charge in [0.1, 0.15) is 23.8 Å². The fraction of sp³-hybridized carbons (Fsp3) is 0.154. The molecule has 0 bridgehead atoms. The maximum Gasteiger partial charge on any atom is 0.134 e. The lowest BCUT2D eigenvalue weighted by molar-refractivity contribution is 0.162. The van der Waals surface area contributed by atoms with Crippen molar-refractivity contribution in [2.45, 2.75) is 6.10 Å². The fourth-order valence-corrected chi connectivity index (χ4v) is 1.55. The number of rotatable bonds is 4. The van der Waals surface area contributed by atoms with E-state index in [1.165, 1.54) is 18.4 Å². The maximum atomic E-state index is 12.9. The summed E-state index contributed by atoms with van der Waals surface area (Å²) < 4.78 is 18.0. The van der Waals surface area contributed by atoms with Crippen molar-refractivity contribution in [3.05, 3.63) is 53.7 Å². The normalized spacial score (nSPS) is 11.8. The van der Waals surface area contributed by atoms with Gasteiger partial charge in [0.05, 0.1) is 17.5 Å². The summed E-state index contributed by atoms with van der Waals surface area (Å²) in [6, 6.07) is 9.07. The molecule has 92 valence electrons. The third kappa shape index (κ3) is 2.67. The number of aliphatic hydroxyl groups is 1. The number of furan rings is 1. The number of anilines is 1. The molecule has 0 amide bonds. The fourth-order valence-electron chi connectivity index (χ4n) is 1.55. The lowest BCUT2D eigenvalue weighted by Crippen LogP contribution is -2.12. The summed E-state index contributed by atoms with van der Waals surface area (Å²) in [7, 11) is 0. The van der Waals surface area contributed by atoms with Gasteiger partial charge < -0.3 is 14.8 Å². The number of benzene rings is 1. The lowest BCUT2D eigenvalue weighted by atomic mass is 10.2. The SMILES string of the molecule is N#Cc1cc(F)ccc1NCC(O)c1ccco1. The Hall–Kier alpha value is -2.32. The van der Waals surface area contributed by atoms with Gasteiger partial charge in [-0.25, -0.2) is 4.39 Å². The number of hydrogen-bond donors (Lipinski definition) is 2. The number of aliphatic hydroxyl groups excluding tert-OH is 1. The Balaban J connectivity index is 2.05. The summed E-state index contributed by atoms with van der Waals surface area (Å²) in [6.45, 7) is 0.174. The number of nitrogens with one attached hydrogen (secondary N) is 1. The van der Waals surface area contributed by atoms with Crippen LogP contribution in [0.5, 0.6) is 0 Å². The van der Waals surface area contributed by atoms with Crippen LogP contribution in [0, 0.1) is 17.1 Å². The van der Waals surface area contributed by atoms with E-state index in [-0.39, 0.29) is 12.1 Å². The van der Waals surface area contributed by atoms with E-state index in [2.05, 4.69) is 5.32 Å². The first-order chi connectivity index (χ1) is 8.70. The van der Waals surface area contributed by atoms with Crippen molar-refractivity contribution in [1.82, 2.24) is 0 Å². The highest BCUT2D eigenvalue weighted by atomic mass is 19.1. The number of halogens is 1. The van der Waals surface area contributed by atoms with Crippen LogP contribution in [0.4, 0.5) is 10.1 Å². The monoisotopic (exact) mass is 246 g/mol. The Morgan fingerprint density at radius 3 is 2.94 bits per heavy atom. The second kappa shape index (κ2) is 5.34. The lowest BCUT2D eigenvalue weighted by Gasteiger charge is -2.11. The van der Waals surface area contributed by atoms with Gasteiger partial charge >= 0.3 is 0 Å². The molecule has 2 N–H and O–H groups in total. The van der Waals surface area contributed by atoms with Gasteiger partial charge in [0.2, 0.25) is 0 Å². The molecular weight excluding hydrogens is 235 g/mol. The smallest absolute Gasteiger partial charge is 0.134 e. The van der Waals surface area contributed by atoms with Gasteiger partial charge in [-0.05, 0) is 30.3 Å². The van der Waals surface area contributed by atoms with E-state index in [9.17, 15) is 9.50 Å². The zero-order valence-corrected chi connectivity index (χ0v) is 9.43. The summed E-state index contributed by atoms with van der Waals surface area (Å²) in [5.41, 5.74) is 0.672. The van der Waals surface area contributed by atoms with Crippen LogP contribution in [0.15, 0.2) is 41.0 Å². The average Bonchev–Trinajstić information content (AvgIpc) is 2.90. The molecule has 5 heteroatoms. The Kier molecular flexibility index (Phi) is 3.60. The van der Waals surface area contributed by atoms with E-state index in [1.807, 2.05) is 6.07 Å². The standard InChI is InChI=1S/C13H11FN2O2/c14-10-3-4-11(9(6-10)7-15)16-8-12(17)13-2-1-5-18-13/h1-6,12,16-17H,8H2. The van der Waals surface area contributed by atoms with Crippen molar-refractivity contribution in [2.75, 3.05) is 11.9 Å². The first-order valence-corrected chi connectivity index (χ1v) is 5.35. The number of nitriles is 1. The first-order valence-electron chi connectivity index (χ1n) is 5.35. The molecule has 1 atom stereocenters. The molecule has 0 saturated heterocycles. The predicted molar refractivity (Wildman–Crippen MR) is 63.3 cm³/mol. The van der Waals surface area contributed by atoms with Gasteiger partial charge in [-0.1, -0.05) is 0 Å². The summed E-state index contributed by atoms with van der Waals surface area (Å²) in [4.78, 5) is 0. The average molecular weight is 246 g/mol. The summed E-state index contributed by atoms with van der Waals surface area (Å²) in [6.07, 6.45) is 0.647. The minimum Gasteiger partial charge on any atom is -0.467 e. The quantitative estimate of drug-likeness (QED) is 0.869. The second-order valence-electron chi connectivity index (χ2n) is 3.71. The molecule has 0 aliphatic heterocycles. The van der Waals surface area contributed by atoms with Crippen molar-refractivity contribution >= 4 is 5.69 Å². The molecule has 1 unspecified atom stereocenters. The molecule has 2 rings (SSSR count). The molecule has 1 aromatic carbocycles. The Morgan fingerprint density at radius 1 is 1.44 bits per heavy atom. The van der Waals surface area contributed by atoms with Crippen LogP contribution in [-0.2, 0) is 0 Å². The molecule has 0 radical (unpaired) electrons.